The first-order valence-electron chi connectivity index (χ1n) is 5.52. The van der Waals surface area contributed by atoms with Crippen LogP contribution < -0.4 is 0 Å². The summed E-state index contributed by atoms with van der Waals surface area (Å²) in [7, 11) is -1.20. The number of halogens is 1. The Morgan fingerprint density at radius 3 is 2.95 bits per heavy atom. The first kappa shape index (κ1) is 15.2. The van der Waals surface area contributed by atoms with Gasteiger partial charge in [0.2, 0.25) is 0 Å². The Kier molecular flexibility index (Phi) is 4.33. The van der Waals surface area contributed by atoms with Gasteiger partial charge in [0, 0.05) is 25.2 Å². The van der Waals surface area contributed by atoms with Crippen molar-refractivity contribution in [3.8, 4) is 0 Å². The number of aromatic nitrogens is 2. The minimum absolute atomic E-state index is 0.00268. The SMILES string of the molecule is COC(=O)CCN(C)S(=O)(=O)c1c(Cl)nc2sccn12. The molecule has 0 saturated carbocycles. The number of thiazole rings is 1. The van der Waals surface area contributed by atoms with Crippen molar-refractivity contribution in [3.05, 3.63) is 16.7 Å². The summed E-state index contributed by atoms with van der Waals surface area (Å²) in [6.45, 7) is 0.00268. The van der Waals surface area contributed by atoms with Gasteiger partial charge in [0.05, 0.1) is 13.5 Å². The van der Waals surface area contributed by atoms with Crippen LogP contribution >= 0.6 is 22.9 Å². The number of rotatable bonds is 5. The summed E-state index contributed by atoms with van der Waals surface area (Å²) >= 11 is 7.19. The first-order chi connectivity index (χ1) is 9.37. The average molecular weight is 338 g/mol. The number of sulfonamides is 1. The molecule has 2 aromatic rings. The monoisotopic (exact) mass is 337 g/mol. The molecular formula is C10H12ClN3O4S2. The second-order valence-electron chi connectivity index (χ2n) is 3.92. The number of methoxy groups -OCH3 is 1. The van der Waals surface area contributed by atoms with Crippen LogP contribution in [-0.2, 0) is 19.6 Å². The molecule has 0 atom stereocenters. The third kappa shape index (κ3) is 2.66. The lowest BCUT2D eigenvalue weighted by molar-refractivity contribution is -0.140. The largest absolute Gasteiger partial charge is 0.469 e. The fourth-order valence-electron chi connectivity index (χ4n) is 1.59. The minimum atomic E-state index is -3.83. The second-order valence-corrected chi connectivity index (χ2v) is 7.11. The number of imidazole rings is 1. The zero-order chi connectivity index (χ0) is 14.9. The molecule has 2 heterocycles. The van der Waals surface area contributed by atoms with E-state index in [9.17, 15) is 13.2 Å². The standard InChI is InChI=1S/C10H12ClN3O4S2/c1-13(4-3-7(15)18-2)20(16,17)9-8(11)12-10-14(9)5-6-19-10/h5-6H,3-4H2,1-2H3. The third-order valence-electron chi connectivity index (χ3n) is 2.69. The van der Waals surface area contributed by atoms with Gasteiger partial charge in [-0.3, -0.25) is 9.20 Å². The summed E-state index contributed by atoms with van der Waals surface area (Å²) in [5.74, 6) is -0.480. The Bertz CT molecular complexity index is 737. The molecule has 2 rings (SSSR count). The highest BCUT2D eigenvalue weighted by Crippen LogP contribution is 2.27. The van der Waals surface area contributed by atoms with Crippen LogP contribution in [0.2, 0.25) is 5.15 Å². The van der Waals surface area contributed by atoms with E-state index in [0.717, 1.165) is 4.31 Å². The van der Waals surface area contributed by atoms with Crippen molar-refractivity contribution in [1.29, 1.82) is 0 Å². The lowest BCUT2D eigenvalue weighted by Gasteiger charge is -2.15. The maximum absolute atomic E-state index is 12.5. The Morgan fingerprint density at radius 1 is 1.60 bits per heavy atom. The number of carbonyl (C=O) groups is 1. The van der Waals surface area contributed by atoms with Gasteiger partial charge in [0.15, 0.2) is 15.1 Å². The van der Waals surface area contributed by atoms with Gasteiger partial charge in [-0.2, -0.15) is 4.31 Å². The molecule has 10 heteroatoms. The molecule has 0 saturated heterocycles. The lowest BCUT2D eigenvalue weighted by atomic mass is 10.4. The van der Waals surface area contributed by atoms with E-state index in [2.05, 4.69) is 9.72 Å². The van der Waals surface area contributed by atoms with Gasteiger partial charge < -0.3 is 4.74 Å². The molecule has 2 aromatic heterocycles. The van der Waals surface area contributed by atoms with E-state index < -0.39 is 16.0 Å². The molecular weight excluding hydrogens is 326 g/mol. The molecule has 0 amide bonds. The number of nitrogens with zero attached hydrogens (tertiary/aromatic N) is 3. The van der Waals surface area contributed by atoms with E-state index in [1.54, 1.807) is 11.6 Å². The zero-order valence-corrected chi connectivity index (χ0v) is 13.1. The van der Waals surface area contributed by atoms with Gasteiger partial charge in [0.1, 0.15) is 0 Å². The molecule has 0 aromatic carbocycles. The highest BCUT2D eigenvalue weighted by Gasteiger charge is 2.29. The molecule has 0 fully saturated rings. The maximum atomic E-state index is 12.5. The van der Waals surface area contributed by atoms with Gasteiger partial charge in [-0.25, -0.2) is 13.4 Å². The first-order valence-corrected chi connectivity index (χ1v) is 8.22. The quantitative estimate of drug-likeness (QED) is 0.767. The molecule has 0 unspecified atom stereocenters. The van der Waals surface area contributed by atoms with Crippen molar-refractivity contribution >= 4 is 43.9 Å². The van der Waals surface area contributed by atoms with Crippen molar-refractivity contribution in [1.82, 2.24) is 13.7 Å². The summed E-state index contributed by atoms with van der Waals surface area (Å²) in [6.07, 6.45) is 1.55. The summed E-state index contributed by atoms with van der Waals surface area (Å²) in [4.78, 5) is 15.6. The normalized spacial score (nSPS) is 12.2. The molecule has 0 radical (unpaired) electrons. The van der Waals surface area contributed by atoms with Crippen molar-refractivity contribution in [2.75, 3.05) is 20.7 Å². The van der Waals surface area contributed by atoms with Crippen LogP contribution in [0.1, 0.15) is 6.42 Å². The summed E-state index contributed by atoms with van der Waals surface area (Å²) in [5, 5.41) is 1.54. The minimum Gasteiger partial charge on any atom is -0.469 e. The predicted octanol–water partition coefficient (Wildman–Crippen LogP) is 1.23. The Balaban J connectivity index is 2.32. The third-order valence-corrected chi connectivity index (χ3v) is 5.71. The van der Waals surface area contributed by atoms with Gasteiger partial charge in [-0.05, 0) is 0 Å². The van der Waals surface area contributed by atoms with E-state index in [-0.39, 0.29) is 23.1 Å². The number of ether oxygens (including phenoxy) is 1. The van der Waals surface area contributed by atoms with Gasteiger partial charge in [-0.1, -0.05) is 11.6 Å². The van der Waals surface area contributed by atoms with Crippen LogP contribution in [0.25, 0.3) is 4.96 Å². The lowest BCUT2D eigenvalue weighted by Crippen LogP contribution is -2.30. The van der Waals surface area contributed by atoms with Crippen LogP contribution in [0, 0.1) is 0 Å². The molecule has 0 N–H and O–H groups in total. The van der Waals surface area contributed by atoms with Gasteiger partial charge >= 0.3 is 5.97 Å². The van der Waals surface area contributed by atoms with Crippen LogP contribution in [-0.4, -0.2) is 48.8 Å². The number of carbonyl (C=O) groups excluding carboxylic acids is 1. The number of hydrogen-bond donors (Lipinski definition) is 0. The maximum Gasteiger partial charge on any atom is 0.306 e. The Hall–Kier alpha value is -1.16. The number of fused-ring (bicyclic) bond motifs is 1. The Morgan fingerprint density at radius 2 is 2.30 bits per heavy atom. The van der Waals surface area contributed by atoms with Crippen LogP contribution in [0.3, 0.4) is 0 Å². The Labute approximate surface area is 124 Å². The zero-order valence-electron chi connectivity index (χ0n) is 10.7. The van der Waals surface area contributed by atoms with Crippen LogP contribution in [0.15, 0.2) is 16.6 Å². The highest BCUT2D eigenvalue weighted by molar-refractivity contribution is 7.89. The molecule has 20 heavy (non-hydrogen) atoms. The van der Waals surface area contributed by atoms with Crippen molar-refractivity contribution in [2.45, 2.75) is 11.4 Å². The predicted molar refractivity (Wildman–Crippen MR) is 74.5 cm³/mol. The average Bonchev–Trinajstić information content (AvgIpc) is 2.94. The van der Waals surface area contributed by atoms with E-state index in [4.69, 9.17) is 11.6 Å². The fourth-order valence-corrected chi connectivity index (χ4v) is 4.15. The van der Waals surface area contributed by atoms with Crippen molar-refractivity contribution in [3.63, 3.8) is 0 Å². The summed E-state index contributed by atoms with van der Waals surface area (Å²) in [5.41, 5.74) is 0. The molecule has 7 nitrogen and oxygen atoms in total. The summed E-state index contributed by atoms with van der Waals surface area (Å²) in [6, 6.07) is 0. The van der Waals surface area contributed by atoms with Crippen LogP contribution in [0.4, 0.5) is 0 Å². The summed E-state index contributed by atoms with van der Waals surface area (Å²) < 4.78 is 31.9. The molecule has 0 aliphatic heterocycles. The van der Waals surface area contributed by atoms with Crippen molar-refractivity contribution < 1.29 is 17.9 Å². The second kappa shape index (κ2) is 5.68. The van der Waals surface area contributed by atoms with Gasteiger partial charge in [-0.15, -0.1) is 11.3 Å². The fraction of sp³-hybridized carbons (Fsp3) is 0.400. The molecule has 0 bridgehead atoms. The highest BCUT2D eigenvalue weighted by atomic mass is 35.5. The number of hydrogen-bond acceptors (Lipinski definition) is 6. The molecule has 110 valence electrons. The van der Waals surface area contributed by atoms with E-state index >= 15 is 0 Å². The topological polar surface area (TPSA) is 81.0 Å². The molecule has 0 aliphatic rings. The van der Waals surface area contributed by atoms with E-state index in [1.165, 1.54) is 29.9 Å². The van der Waals surface area contributed by atoms with Crippen molar-refractivity contribution in [2.24, 2.45) is 0 Å². The number of esters is 1. The van der Waals surface area contributed by atoms with E-state index in [1.807, 2.05) is 0 Å². The molecule has 0 aliphatic carbocycles. The van der Waals surface area contributed by atoms with Crippen LogP contribution in [0.5, 0.6) is 0 Å². The van der Waals surface area contributed by atoms with Gasteiger partial charge in [0.25, 0.3) is 10.0 Å². The smallest absolute Gasteiger partial charge is 0.306 e. The molecule has 0 spiro atoms. The van der Waals surface area contributed by atoms with E-state index in [0.29, 0.717) is 4.96 Å².